The SMILES string of the molecule is CCc1cc2c(=O)c(-c3ccc4c(c3)OCO4)c(C)oc2cc1O[C@H]1O[C@@H](CO)[C@@H](O)[C@@H](O)[C@@H]1O. The van der Waals surface area contributed by atoms with Gasteiger partial charge in [0.2, 0.25) is 18.5 Å². The molecule has 0 saturated carbocycles. The lowest BCUT2D eigenvalue weighted by atomic mass is 9.99. The van der Waals surface area contributed by atoms with Gasteiger partial charge in [0.25, 0.3) is 0 Å². The van der Waals surface area contributed by atoms with Crippen LogP contribution in [0.25, 0.3) is 22.1 Å². The lowest BCUT2D eigenvalue weighted by Gasteiger charge is -2.39. The van der Waals surface area contributed by atoms with E-state index in [9.17, 15) is 25.2 Å². The molecule has 3 heterocycles. The molecule has 1 aromatic heterocycles. The van der Waals surface area contributed by atoms with Crippen molar-refractivity contribution in [3.05, 3.63) is 51.9 Å². The highest BCUT2D eigenvalue weighted by atomic mass is 16.7. The van der Waals surface area contributed by atoms with E-state index in [0.717, 1.165) is 0 Å². The van der Waals surface area contributed by atoms with Crippen LogP contribution in [0.5, 0.6) is 17.2 Å². The van der Waals surface area contributed by atoms with Crippen molar-refractivity contribution < 1.29 is 43.8 Å². The summed E-state index contributed by atoms with van der Waals surface area (Å²) in [6.45, 7) is 3.11. The van der Waals surface area contributed by atoms with Gasteiger partial charge in [0.1, 0.15) is 41.5 Å². The molecule has 2 aromatic carbocycles. The zero-order valence-electron chi connectivity index (χ0n) is 19.1. The van der Waals surface area contributed by atoms with E-state index in [1.165, 1.54) is 6.07 Å². The summed E-state index contributed by atoms with van der Waals surface area (Å²) in [4.78, 5) is 13.5. The highest BCUT2D eigenvalue weighted by molar-refractivity contribution is 5.85. The lowest BCUT2D eigenvalue weighted by Crippen LogP contribution is -2.60. The maximum Gasteiger partial charge on any atom is 0.231 e. The quantitative estimate of drug-likeness (QED) is 0.415. The summed E-state index contributed by atoms with van der Waals surface area (Å²) < 4.78 is 28.1. The Bertz CT molecular complexity index is 1310. The number of rotatable bonds is 5. The van der Waals surface area contributed by atoms with Crippen LogP contribution in [0.2, 0.25) is 0 Å². The molecule has 0 aliphatic carbocycles. The molecule has 3 aromatic rings. The molecule has 0 radical (unpaired) electrons. The minimum absolute atomic E-state index is 0.126. The molecule has 4 N–H and O–H groups in total. The Morgan fingerprint density at radius 3 is 2.54 bits per heavy atom. The summed E-state index contributed by atoms with van der Waals surface area (Å²) in [6.07, 6.45) is -6.60. The summed E-state index contributed by atoms with van der Waals surface area (Å²) in [7, 11) is 0. The second kappa shape index (κ2) is 9.14. The van der Waals surface area contributed by atoms with Crippen LogP contribution in [-0.4, -0.2) is 64.5 Å². The van der Waals surface area contributed by atoms with Crippen molar-refractivity contribution >= 4 is 11.0 Å². The van der Waals surface area contributed by atoms with Crippen molar-refractivity contribution in [1.29, 1.82) is 0 Å². The zero-order valence-corrected chi connectivity index (χ0v) is 19.1. The number of ether oxygens (including phenoxy) is 4. The highest BCUT2D eigenvalue weighted by Crippen LogP contribution is 2.37. The van der Waals surface area contributed by atoms with Crippen molar-refractivity contribution in [2.24, 2.45) is 0 Å². The zero-order chi connectivity index (χ0) is 24.9. The Labute approximate surface area is 199 Å². The van der Waals surface area contributed by atoms with Crippen LogP contribution in [0.15, 0.2) is 39.5 Å². The topological polar surface area (TPSA) is 148 Å². The summed E-state index contributed by atoms with van der Waals surface area (Å²) in [5.41, 5.74) is 1.73. The minimum atomic E-state index is -1.57. The third kappa shape index (κ3) is 4.03. The number of benzene rings is 2. The van der Waals surface area contributed by atoms with Gasteiger partial charge in [-0.05, 0) is 42.7 Å². The smallest absolute Gasteiger partial charge is 0.231 e. The maximum absolute atomic E-state index is 13.5. The van der Waals surface area contributed by atoms with Crippen LogP contribution in [0.3, 0.4) is 0 Å². The van der Waals surface area contributed by atoms with Crippen molar-refractivity contribution in [3.8, 4) is 28.4 Å². The standard InChI is InChI=1S/C25H26O10/c1-3-12-6-14-17(8-16(12)34-25-24(30)23(29)22(28)19(9-26)35-25)33-11(2)20(21(14)27)13-4-5-15-18(7-13)32-10-31-15/h4-8,19,22-26,28-30H,3,9-10H2,1-2H3/t19-,22+,23+,24-,25-/m0/s1. The average Bonchev–Trinajstić information content (AvgIpc) is 3.32. The van der Waals surface area contributed by atoms with Gasteiger partial charge in [0.15, 0.2) is 11.5 Å². The van der Waals surface area contributed by atoms with E-state index < -0.39 is 37.3 Å². The molecule has 0 unspecified atom stereocenters. The first-order chi connectivity index (χ1) is 16.8. The first kappa shape index (κ1) is 23.6. The van der Waals surface area contributed by atoms with E-state index in [1.807, 2.05) is 6.92 Å². The van der Waals surface area contributed by atoms with Crippen molar-refractivity contribution in [2.45, 2.75) is 51.0 Å². The number of aliphatic hydroxyl groups excluding tert-OH is 4. The Kier molecular flexibility index (Phi) is 6.16. The minimum Gasteiger partial charge on any atom is -0.462 e. The van der Waals surface area contributed by atoms with Crippen LogP contribution in [0.1, 0.15) is 18.2 Å². The third-order valence-corrected chi connectivity index (χ3v) is 6.38. The van der Waals surface area contributed by atoms with Crippen LogP contribution < -0.4 is 19.6 Å². The summed E-state index contributed by atoms with van der Waals surface area (Å²) in [6, 6.07) is 8.46. The molecule has 10 heteroatoms. The van der Waals surface area contributed by atoms with Crippen LogP contribution >= 0.6 is 0 Å². The number of fused-ring (bicyclic) bond motifs is 2. The molecule has 186 valence electrons. The maximum atomic E-state index is 13.5. The van der Waals surface area contributed by atoms with Crippen LogP contribution in [-0.2, 0) is 11.2 Å². The molecule has 2 aliphatic rings. The van der Waals surface area contributed by atoms with Gasteiger partial charge in [-0.3, -0.25) is 4.79 Å². The van der Waals surface area contributed by atoms with E-state index >= 15 is 0 Å². The largest absolute Gasteiger partial charge is 0.462 e. The molecule has 10 nitrogen and oxygen atoms in total. The van der Waals surface area contributed by atoms with E-state index in [0.29, 0.717) is 45.8 Å². The second-order valence-corrected chi connectivity index (χ2v) is 8.56. The molecular formula is C25H26O10. The predicted octanol–water partition coefficient (Wildman–Crippen LogP) is 1.24. The van der Waals surface area contributed by atoms with E-state index in [1.54, 1.807) is 31.2 Å². The Hall–Kier alpha value is -3.15. The fourth-order valence-electron chi connectivity index (χ4n) is 4.44. The molecule has 0 bridgehead atoms. The van der Waals surface area contributed by atoms with Gasteiger partial charge in [-0.15, -0.1) is 0 Å². The fraction of sp³-hybridized carbons (Fsp3) is 0.400. The number of hydrogen-bond acceptors (Lipinski definition) is 10. The van der Waals surface area contributed by atoms with E-state index in [4.69, 9.17) is 23.4 Å². The molecule has 1 fully saturated rings. The van der Waals surface area contributed by atoms with Crippen molar-refractivity contribution in [3.63, 3.8) is 0 Å². The second-order valence-electron chi connectivity index (χ2n) is 8.56. The molecule has 5 atom stereocenters. The van der Waals surface area contributed by atoms with Crippen LogP contribution in [0, 0.1) is 6.92 Å². The molecule has 0 amide bonds. The van der Waals surface area contributed by atoms with Gasteiger partial charge in [-0.1, -0.05) is 13.0 Å². The van der Waals surface area contributed by atoms with Crippen molar-refractivity contribution in [2.75, 3.05) is 13.4 Å². The first-order valence-corrected chi connectivity index (χ1v) is 11.3. The monoisotopic (exact) mass is 486 g/mol. The molecule has 35 heavy (non-hydrogen) atoms. The van der Waals surface area contributed by atoms with E-state index in [2.05, 4.69) is 0 Å². The molecular weight excluding hydrogens is 460 g/mol. The van der Waals surface area contributed by atoms with Gasteiger partial charge in [0, 0.05) is 6.07 Å². The summed E-state index contributed by atoms with van der Waals surface area (Å²) in [5, 5.41) is 40.2. The lowest BCUT2D eigenvalue weighted by molar-refractivity contribution is -0.277. The molecule has 1 saturated heterocycles. The predicted molar refractivity (Wildman–Crippen MR) is 123 cm³/mol. The first-order valence-electron chi connectivity index (χ1n) is 11.3. The molecule has 2 aliphatic heterocycles. The van der Waals surface area contributed by atoms with Crippen LogP contribution in [0.4, 0.5) is 0 Å². The Balaban J connectivity index is 1.54. The highest BCUT2D eigenvalue weighted by Gasteiger charge is 2.45. The number of hydrogen-bond donors (Lipinski definition) is 4. The third-order valence-electron chi connectivity index (χ3n) is 6.38. The van der Waals surface area contributed by atoms with Crippen molar-refractivity contribution in [1.82, 2.24) is 0 Å². The number of aliphatic hydroxyl groups is 4. The van der Waals surface area contributed by atoms with Gasteiger partial charge in [-0.25, -0.2) is 0 Å². The summed E-state index contributed by atoms with van der Waals surface area (Å²) >= 11 is 0. The Morgan fingerprint density at radius 1 is 1.03 bits per heavy atom. The fourth-order valence-corrected chi connectivity index (χ4v) is 4.44. The number of aryl methyl sites for hydroxylation is 2. The van der Waals surface area contributed by atoms with Gasteiger partial charge < -0.3 is 43.8 Å². The van der Waals surface area contributed by atoms with Gasteiger partial charge >= 0.3 is 0 Å². The van der Waals surface area contributed by atoms with Gasteiger partial charge in [-0.2, -0.15) is 0 Å². The normalized spacial score (nSPS) is 25.7. The molecule has 5 rings (SSSR count). The van der Waals surface area contributed by atoms with Gasteiger partial charge in [0.05, 0.1) is 17.6 Å². The average molecular weight is 486 g/mol. The molecule has 0 spiro atoms. The Morgan fingerprint density at radius 2 is 1.80 bits per heavy atom. The summed E-state index contributed by atoms with van der Waals surface area (Å²) in [5.74, 6) is 1.84. The van der Waals surface area contributed by atoms with E-state index in [-0.39, 0.29) is 23.6 Å².